The van der Waals surface area contributed by atoms with Gasteiger partial charge >= 0.3 is 5.97 Å². The fraction of sp³-hybridized carbons (Fsp3) is 0.872. The smallest absolute Gasteiger partial charge is 0.307 e. The van der Waals surface area contributed by atoms with Crippen molar-refractivity contribution in [3.8, 4) is 0 Å². The number of hydrogen-bond donors (Lipinski definition) is 3. The topological polar surface area (TPSA) is 154 Å². The normalized spacial score (nSPS) is 42.8. The average Bonchev–Trinajstić information content (AvgIpc) is 3.47. The van der Waals surface area contributed by atoms with Crippen molar-refractivity contribution in [3.63, 3.8) is 0 Å². The van der Waals surface area contributed by atoms with Gasteiger partial charge in [0.1, 0.15) is 0 Å². The Bertz CT molecular complexity index is 1520. The van der Waals surface area contributed by atoms with Crippen LogP contribution in [0, 0.1) is 62.6 Å². The highest BCUT2D eigenvalue weighted by molar-refractivity contribution is 5.86. The number of nitrogens with zero attached hydrogens (tertiary/aromatic N) is 4. The van der Waals surface area contributed by atoms with E-state index in [1.165, 1.54) is 12.5 Å². The van der Waals surface area contributed by atoms with Gasteiger partial charge in [-0.25, -0.2) is 4.68 Å². The highest BCUT2D eigenvalue weighted by Gasteiger charge is 2.72. The molecule has 1 aromatic heterocycles. The molecule has 0 radical (unpaired) electrons. The van der Waals surface area contributed by atoms with Gasteiger partial charge in [0.05, 0.1) is 37.9 Å². The summed E-state index contributed by atoms with van der Waals surface area (Å²) in [6.45, 7) is 25.2. The quantitative estimate of drug-likeness (QED) is 0.245. The van der Waals surface area contributed by atoms with Crippen molar-refractivity contribution in [1.29, 1.82) is 0 Å². The van der Waals surface area contributed by atoms with Crippen LogP contribution in [0.3, 0.4) is 0 Å². The van der Waals surface area contributed by atoms with Crippen molar-refractivity contribution >= 4 is 17.8 Å². The Hall–Kier alpha value is -2.37. The van der Waals surface area contributed by atoms with Crippen LogP contribution < -0.4 is 11.1 Å². The van der Waals surface area contributed by atoms with E-state index in [0.717, 1.165) is 32.1 Å². The van der Waals surface area contributed by atoms with Gasteiger partial charge in [0, 0.05) is 23.3 Å². The third-order valence-electron chi connectivity index (χ3n) is 16.1. The van der Waals surface area contributed by atoms with E-state index in [9.17, 15) is 14.7 Å². The number of rotatable bonds is 9. The molecular weight excluding hydrogens is 632 g/mol. The summed E-state index contributed by atoms with van der Waals surface area (Å²) >= 11 is 0. The van der Waals surface area contributed by atoms with E-state index < -0.39 is 22.8 Å². The van der Waals surface area contributed by atoms with E-state index in [4.69, 9.17) is 15.2 Å². The zero-order valence-corrected chi connectivity index (χ0v) is 32.5. The van der Waals surface area contributed by atoms with Crippen LogP contribution in [0.15, 0.2) is 11.6 Å². The molecule has 3 saturated carbocycles. The standard InChI is InChI=1S/C39H64N6O5/c1-22(2)24(5)34(7)16-17-36(9)26-12-13-29-35(8)19-49-21-39(29,27(26)14-15-37(36,10)30(34)32(47)48)18-28(31(35)50-20-38(11,40)23(3)4)45-33(41-25(6)46)42-43-44-45/h14,22-24,26,28-31H,12-13,15-21,40H2,1-11H3,(H,47,48)(H,41,42,44,46)/t24-,26+,28-,29+,30-,31+,34-,35+,36-,37+,38+,39?/m1/s1. The van der Waals surface area contributed by atoms with Gasteiger partial charge in [-0.15, -0.1) is 0 Å². The summed E-state index contributed by atoms with van der Waals surface area (Å²) < 4.78 is 15.4. The van der Waals surface area contributed by atoms with Gasteiger partial charge in [0.25, 0.3) is 0 Å². The lowest BCUT2D eigenvalue weighted by atomic mass is 9.34. The number of nitrogens with one attached hydrogen (secondary N) is 1. The molecule has 2 heterocycles. The van der Waals surface area contributed by atoms with Crippen LogP contribution in [-0.4, -0.2) is 68.7 Å². The monoisotopic (exact) mass is 696 g/mol. The van der Waals surface area contributed by atoms with Crippen molar-refractivity contribution in [1.82, 2.24) is 20.2 Å². The van der Waals surface area contributed by atoms with E-state index in [0.29, 0.717) is 38.1 Å². The lowest BCUT2D eigenvalue weighted by Gasteiger charge is -2.71. The maximum absolute atomic E-state index is 13.5. The number of aromatic nitrogens is 4. The lowest BCUT2D eigenvalue weighted by Crippen LogP contribution is -2.69. The molecule has 11 heteroatoms. The lowest BCUT2D eigenvalue weighted by molar-refractivity contribution is -0.252. The number of amides is 1. The molecule has 0 spiro atoms. The SMILES string of the molecule is CC(=O)Nc1nnnn1[C@@H]1CC23COC[C@@](C)([C@@H]2CC[C@H]2C3=CC[C@@]3(C)[C@H](C(=O)O)[C@@](C)([C@H](C)C(C)C)CC[C@]23C)[C@H]1OC[C@](C)(N)C(C)C. The molecule has 12 atom stereocenters. The van der Waals surface area contributed by atoms with Crippen LogP contribution >= 0.6 is 0 Å². The second-order valence-corrected chi connectivity index (χ2v) is 19.1. The van der Waals surface area contributed by atoms with Crippen LogP contribution in [0.4, 0.5) is 5.95 Å². The summed E-state index contributed by atoms with van der Waals surface area (Å²) in [5.41, 5.74) is 6.10. The highest BCUT2D eigenvalue weighted by atomic mass is 16.5. The second kappa shape index (κ2) is 12.4. The van der Waals surface area contributed by atoms with E-state index in [2.05, 4.69) is 89.2 Å². The number of anilines is 1. The summed E-state index contributed by atoms with van der Waals surface area (Å²) in [6, 6.07) is -0.283. The molecule has 1 amide bonds. The largest absolute Gasteiger partial charge is 0.481 e. The summed E-state index contributed by atoms with van der Waals surface area (Å²) in [5.74, 6) is 0.387. The number of tetrazole rings is 1. The molecule has 280 valence electrons. The zero-order valence-electron chi connectivity index (χ0n) is 32.5. The van der Waals surface area contributed by atoms with Gasteiger partial charge in [0.2, 0.25) is 11.9 Å². The first-order valence-corrected chi connectivity index (χ1v) is 19.2. The van der Waals surface area contributed by atoms with Gasteiger partial charge in [-0.2, -0.15) is 0 Å². The Morgan fingerprint density at radius 1 is 1.12 bits per heavy atom. The van der Waals surface area contributed by atoms with Crippen LogP contribution in [0.5, 0.6) is 0 Å². The van der Waals surface area contributed by atoms with Crippen molar-refractivity contribution in [2.24, 2.45) is 68.3 Å². The van der Waals surface area contributed by atoms with Crippen molar-refractivity contribution in [2.45, 2.75) is 132 Å². The third-order valence-corrected chi connectivity index (χ3v) is 16.1. The maximum atomic E-state index is 13.5. The molecule has 6 rings (SSSR count). The Balaban J connectivity index is 1.47. The molecule has 5 aliphatic rings. The molecule has 4 aliphatic carbocycles. The molecule has 1 saturated heterocycles. The first kappa shape index (κ1) is 37.4. The van der Waals surface area contributed by atoms with Crippen LogP contribution in [0.2, 0.25) is 0 Å². The zero-order chi connectivity index (χ0) is 36.8. The predicted molar refractivity (Wildman–Crippen MR) is 192 cm³/mol. The summed E-state index contributed by atoms with van der Waals surface area (Å²) in [5, 5.41) is 26.7. The maximum Gasteiger partial charge on any atom is 0.307 e. The molecule has 0 aromatic carbocycles. The molecule has 50 heavy (non-hydrogen) atoms. The number of nitrogens with two attached hydrogens (primary N) is 1. The summed E-state index contributed by atoms with van der Waals surface area (Å²) in [4.78, 5) is 25.8. The van der Waals surface area contributed by atoms with Crippen molar-refractivity contribution in [3.05, 3.63) is 11.6 Å². The minimum Gasteiger partial charge on any atom is -0.481 e. The first-order chi connectivity index (χ1) is 23.2. The average molecular weight is 697 g/mol. The number of hydrogen-bond acceptors (Lipinski definition) is 8. The third kappa shape index (κ3) is 5.25. The van der Waals surface area contributed by atoms with Crippen molar-refractivity contribution < 1.29 is 24.2 Å². The Morgan fingerprint density at radius 3 is 2.44 bits per heavy atom. The van der Waals surface area contributed by atoms with Gasteiger partial charge in [-0.05, 0) is 102 Å². The molecule has 4 fully saturated rings. The number of carbonyl (C=O) groups excluding carboxylic acids is 1. The number of ether oxygens (including phenoxy) is 2. The van der Waals surface area contributed by atoms with Gasteiger partial charge < -0.3 is 20.3 Å². The number of aliphatic carboxylic acids is 1. The molecule has 11 nitrogen and oxygen atoms in total. The molecule has 1 unspecified atom stereocenters. The minimum absolute atomic E-state index is 0.193. The number of carbonyl (C=O) groups is 2. The summed E-state index contributed by atoms with van der Waals surface area (Å²) in [7, 11) is 0. The summed E-state index contributed by atoms with van der Waals surface area (Å²) in [6.07, 6.45) is 7.49. The molecule has 1 aromatic rings. The number of allylic oxidation sites excluding steroid dienone is 1. The fourth-order valence-electron chi connectivity index (χ4n) is 12.2. The molecule has 2 bridgehead atoms. The Kier molecular flexibility index (Phi) is 9.24. The molecule has 1 aliphatic heterocycles. The van der Waals surface area contributed by atoms with Crippen LogP contribution in [-0.2, 0) is 19.1 Å². The molecular formula is C39H64N6O5. The van der Waals surface area contributed by atoms with E-state index in [1.807, 2.05) is 6.92 Å². The number of carboxylic acids is 1. The van der Waals surface area contributed by atoms with Crippen LogP contribution in [0.25, 0.3) is 0 Å². The van der Waals surface area contributed by atoms with E-state index in [1.54, 1.807) is 4.68 Å². The molecule has 4 N–H and O–H groups in total. The number of carboxylic acid groups (broad SMARTS) is 1. The Morgan fingerprint density at radius 2 is 1.82 bits per heavy atom. The minimum atomic E-state index is -0.652. The second-order valence-electron chi connectivity index (χ2n) is 19.1. The van der Waals surface area contributed by atoms with Gasteiger partial charge in [-0.1, -0.05) is 79.1 Å². The Labute approximate surface area is 299 Å². The first-order valence-electron chi connectivity index (χ1n) is 19.2. The van der Waals surface area contributed by atoms with Gasteiger partial charge in [0.15, 0.2) is 0 Å². The van der Waals surface area contributed by atoms with Crippen LogP contribution in [0.1, 0.15) is 121 Å². The number of fused-ring (bicyclic) bond motifs is 3. The fourth-order valence-corrected chi connectivity index (χ4v) is 12.2. The van der Waals surface area contributed by atoms with Crippen molar-refractivity contribution in [2.75, 3.05) is 25.1 Å². The van der Waals surface area contributed by atoms with E-state index >= 15 is 0 Å². The predicted octanol–water partition coefficient (Wildman–Crippen LogP) is 6.52. The van der Waals surface area contributed by atoms with E-state index in [-0.39, 0.29) is 63.4 Å². The van der Waals surface area contributed by atoms with Gasteiger partial charge in [-0.3, -0.25) is 14.9 Å². The highest BCUT2D eigenvalue weighted by Crippen LogP contribution is 2.75.